The van der Waals surface area contributed by atoms with Crippen LogP contribution >= 0.6 is 27.5 Å². The molecule has 1 aromatic rings. The highest BCUT2D eigenvalue weighted by Gasteiger charge is 2.20. The normalized spacial score (nSPS) is 14.3. The van der Waals surface area contributed by atoms with Crippen LogP contribution in [0.1, 0.15) is 18.4 Å². The van der Waals surface area contributed by atoms with E-state index in [1.165, 1.54) is 12.8 Å². The molecular weight excluding hydrogens is 330 g/mol. The highest BCUT2D eigenvalue weighted by Crippen LogP contribution is 2.37. The summed E-state index contributed by atoms with van der Waals surface area (Å²) in [5, 5.41) is 4.00. The van der Waals surface area contributed by atoms with Gasteiger partial charge in [-0.15, -0.1) is 0 Å². The molecule has 0 bridgehead atoms. The van der Waals surface area contributed by atoms with E-state index in [0.29, 0.717) is 29.2 Å². The second kappa shape index (κ2) is 6.64. The van der Waals surface area contributed by atoms with Crippen molar-refractivity contribution in [2.75, 3.05) is 13.7 Å². The van der Waals surface area contributed by atoms with Gasteiger partial charge in [-0.25, -0.2) is 0 Å². The van der Waals surface area contributed by atoms with Gasteiger partial charge in [0.25, 0.3) is 0 Å². The fourth-order valence-electron chi connectivity index (χ4n) is 1.72. The molecule has 3 nitrogen and oxygen atoms in total. The number of ether oxygens (including phenoxy) is 2. The van der Waals surface area contributed by atoms with E-state index in [9.17, 15) is 0 Å². The van der Waals surface area contributed by atoms with Crippen LogP contribution in [0.25, 0.3) is 0 Å². The Morgan fingerprint density at radius 2 is 2.26 bits per heavy atom. The Morgan fingerprint density at radius 3 is 2.84 bits per heavy atom. The molecule has 0 unspecified atom stereocenters. The first kappa shape index (κ1) is 14.7. The van der Waals surface area contributed by atoms with Gasteiger partial charge in [-0.05, 0) is 30.5 Å². The minimum atomic E-state index is 0.357. The van der Waals surface area contributed by atoms with Crippen molar-refractivity contribution < 1.29 is 9.47 Å². The molecular formula is C14H17BrClNO2. The molecule has 0 aliphatic heterocycles. The number of hydrogen-bond donors (Lipinski definition) is 1. The lowest BCUT2D eigenvalue weighted by Gasteiger charge is -2.14. The second-order valence-corrected chi connectivity index (χ2v) is 6.10. The zero-order valence-electron chi connectivity index (χ0n) is 10.8. The van der Waals surface area contributed by atoms with Crippen molar-refractivity contribution in [1.82, 2.24) is 5.32 Å². The molecule has 1 fully saturated rings. The summed E-state index contributed by atoms with van der Waals surface area (Å²) in [7, 11) is 1.61. The van der Waals surface area contributed by atoms with Gasteiger partial charge in [-0.1, -0.05) is 34.1 Å². The van der Waals surface area contributed by atoms with E-state index in [2.05, 4.69) is 27.8 Å². The summed E-state index contributed by atoms with van der Waals surface area (Å²) in [4.78, 5) is 0. The average molecular weight is 347 g/mol. The Bertz CT molecular complexity index is 475. The minimum absolute atomic E-state index is 0.357. The monoisotopic (exact) mass is 345 g/mol. The Balaban J connectivity index is 2.10. The van der Waals surface area contributed by atoms with E-state index in [0.717, 1.165) is 16.6 Å². The fraction of sp³-hybridized carbons (Fsp3) is 0.429. The van der Waals surface area contributed by atoms with Crippen LogP contribution < -0.4 is 14.8 Å². The molecule has 0 radical (unpaired) electrons. The summed E-state index contributed by atoms with van der Waals surface area (Å²) in [5.41, 5.74) is 1.10. The van der Waals surface area contributed by atoms with Crippen molar-refractivity contribution in [3.63, 3.8) is 0 Å². The molecule has 1 aromatic carbocycles. The van der Waals surface area contributed by atoms with Gasteiger partial charge in [0.1, 0.15) is 6.61 Å². The largest absolute Gasteiger partial charge is 0.493 e. The summed E-state index contributed by atoms with van der Waals surface area (Å²) in [6, 6.07) is 4.52. The lowest BCUT2D eigenvalue weighted by Crippen LogP contribution is -2.15. The van der Waals surface area contributed by atoms with Crippen molar-refractivity contribution in [1.29, 1.82) is 0 Å². The van der Waals surface area contributed by atoms with Crippen molar-refractivity contribution in [3.05, 3.63) is 33.8 Å². The summed E-state index contributed by atoms with van der Waals surface area (Å²) < 4.78 is 11.7. The molecule has 0 amide bonds. The number of halogens is 2. The van der Waals surface area contributed by atoms with E-state index < -0.39 is 0 Å². The quantitative estimate of drug-likeness (QED) is 0.812. The Morgan fingerprint density at radius 1 is 1.53 bits per heavy atom. The lowest BCUT2D eigenvalue weighted by molar-refractivity contribution is 0.325. The molecule has 0 spiro atoms. The number of rotatable bonds is 7. The Kier molecular flexibility index (Phi) is 5.13. The van der Waals surface area contributed by atoms with Crippen LogP contribution in [0.5, 0.6) is 11.5 Å². The van der Waals surface area contributed by atoms with Crippen LogP contribution in [0.15, 0.2) is 23.2 Å². The van der Waals surface area contributed by atoms with Crippen LogP contribution in [0.2, 0.25) is 5.02 Å². The van der Waals surface area contributed by atoms with Crippen molar-refractivity contribution in [2.24, 2.45) is 0 Å². The van der Waals surface area contributed by atoms with Gasteiger partial charge in [0.15, 0.2) is 11.5 Å². The van der Waals surface area contributed by atoms with E-state index in [4.69, 9.17) is 21.1 Å². The van der Waals surface area contributed by atoms with E-state index in [1.54, 1.807) is 7.11 Å². The van der Waals surface area contributed by atoms with Crippen LogP contribution in [-0.2, 0) is 6.54 Å². The molecule has 1 aliphatic carbocycles. The van der Waals surface area contributed by atoms with Gasteiger partial charge in [0, 0.05) is 17.1 Å². The van der Waals surface area contributed by atoms with Crippen molar-refractivity contribution in [2.45, 2.75) is 25.4 Å². The first-order valence-corrected chi connectivity index (χ1v) is 7.33. The zero-order valence-corrected chi connectivity index (χ0v) is 13.2. The lowest BCUT2D eigenvalue weighted by atomic mass is 10.2. The maximum atomic E-state index is 6.25. The van der Waals surface area contributed by atoms with E-state index in [1.807, 2.05) is 12.1 Å². The maximum Gasteiger partial charge on any atom is 0.180 e. The summed E-state index contributed by atoms with van der Waals surface area (Å²) in [6.45, 7) is 4.88. The van der Waals surface area contributed by atoms with Gasteiger partial charge in [0.2, 0.25) is 0 Å². The molecule has 104 valence electrons. The van der Waals surface area contributed by atoms with Gasteiger partial charge in [-0.2, -0.15) is 0 Å². The van der Waals surface area contributed by atoms with Gasteiger partial charge >= 0.3 is 0 Å². The predicted molar refractivity (Wildman–Crippen MR) is 81.4 cm³/mol. The zero-order chi connectivity index (χ0) is 13.8. The summed E-state index contributed by atoms with van der Waals surface area (Å²) in [6.07, 6.45) is 2.53. The number of benzene rings is 1. The van der Waals surface area contributed by atoms with Crippen LogP contribution in [-0.4, -0.2) is 19.8 Å². The Hall–Kier alpha value is -0.710. The fourth-order valence-corrected chi connectivity index (χ4v) is 2.12. The topological polar surface area (TPSA) is 30.5 Å². The second-order valence-electron chi connectivity index (χ2n) is 4.57. The summed E-state index contributed by atoms with van der Waals surface area (Å²) >= 11 is 9.50. The van der Waals surface area contributed by atoms with Gasteiger partial charge in [-0.3, -0.25) is 0 Å². The molecule has 0 heterocycles. The summed E-state index contributed by atoms with van der Waals surface area (Å²) in [5.74, 6) is 1.20. The molecule has 1 N–H and O–H groups in total. The third-order valence-electron chi connectivity index (χ3n) is 2.83. The minimum Gasteiger partial charge on any atom is -0.493 e. The SMILES string of the molecule is C=C(Br)COc1c(Cl)cc(CNC2CC2)cc1OC. The molecule has 2 rings (SSSR count). The standard InChI is InChI=1S/C14H17BrClNO2/c1-9(15)8-19-14-12(16)5-10(6-13(14)18-2)7-17-11-3-4-11/h5-6,11,17H,1,3-4,7-8H2,2H3. The number of hydrogen-bond acceptors (Lipinski definition) is 3. The van der Waals surface area contributed by atoms with Gasteiger partial charge in [0.05, 0.1) is 12.1 Å². The highest BCUT2D eigenvalue weighted by molar-refractivity contribution is 9.11. The number of methoxy groups -OCH3 is 1. The molecule has 1 aliphatic rings. The third-order valence-corrected chi connectivity index (χ3v) is 3.34. The predicted octanol–water partition coefficient (Wildman–Crippen LogP) is 3.89. The van der Waals surface area contributed by atoms with Crippen LogP contribution in [0.4, 0.5) is 0 Å². The molecule has 0 atom stereocenters. The molecule has 5 heteroatoms. The van der Waals surface area contributed by atoms with Crippen molar-refractivity contribution in [3.8, 4) is 11.5 Å². The first-order valence-electron chi connectivity index (χ1n) is 6.16. The highest BCUT2D eigenvalue weighted by atomic mass is 79.9. The van der Waals surface area contributed by atoms with Crippen LogP contribution in [0, 0.1) is 0 Å². The number of nitrogens with one attached hydrogen (secondary N) is 1. The van der Waals surface area contributed by atoms with E-state index >= 15 is 0 Å². The Labute approximate surface area is 127 Å². The van der Waals surface area contributed by atoms with E-state index in [-0.39, 0.29) is 0 Å². The first-order chi connectivity index (χ1) is 9.10. The smallest absolute Gasteiger partial charge is 0.180 e. The van der Waals surface area contributed by atoms with Gasteiger partial charge < -0.3 is 14.8 Å². The maximum absolute atomic E-state index is 6.25. The molecule has 0 aromatic heterocycles. The van der Waals surface area contributed by atoms with Crippen LogP contribution in [0.3, 0.4) is 0 Å². The molecule has 19 heavy (non-hydrogen) atoms. The molecule has 1 saturated carbocycles. The average Bonchev–Trinajstić information content (AvgIpc) is 3.18. The molecule has 0 saturated heterocycles. The third kappa shape index (κ3) is 4.41. The van der Waals surface area contributed by atoms with Crippen molar-refractivity contribution >= 4 is 27.5 Å².